The van der Waals surface area contributed by atoms with E-state index in [-0.39, 0.29) is 5.56 Å². The summed E-state index contributed by atoms with van der Waals surface area (Å²) in [6, 6.07) is 13.2. The number of nitrogens with zero attached hydrogens (tertiary/aromatic N) is 3. The Balaban J connectivity index is 1.59. The van der Waals surface area contributed by atoms with E-state index < -0.39 is 0 Å². The van der Waals surface area contributed by atoms with Gasteiger partial charge in [0.1, 0.15) is 12.4 Å². The van der Waals surface area contributed by atoms with Crippen LogP contribution in [0.25, 0.3) is 22.4 Å². The van der Waals surface area contributed by atoms with Crippen molar-refractivity contribution in [1.29, 1.82) is 0 Å². The summed E-state index contributed by atoms with van der Waals surface area (Å²) in [6.07, 6.45) is 5.60. The van der Waals surface area contributed by atoms with Crippen LogP contribution in [0.15, 0.2) is 59.9 Å². The highest BCUT2D eigenvalue weighted by atomic mass is 32.1. The van der Waals surface area contributed by atoms with Crippen LogP contribution in [0.2, 0.25) is 0 Å². The predicted molar refractivity (Wildman–Crippen MR) is 135 cm³/mol. The Bertz CT molecular complexity index is 1380. The fraction of sp³-hybridized carbons (Fsp3) is 0.269. The van der Waals surface area contributed by atoms with Crippen molar-refractivity contribution in [2.75, 3.05) is 19.8 Å². The van der Waals surface area contributed by atoms with Gasteiger partial charge in [-0.25, -0.2) is 0 Å². The van der Waals surface area contributed by atoms with Gasteiger partial charge >= 0.3 is 0 Å². The van der Waals surface area contributed by atoms with E-state index in [1.165, 1.54) is 15.9 Å². The zero-order valence-electron chi connectivity index (χ0n) is 19.3. The maximum Gasteiger partial charge on any atom is 0.291 e. The second kappa shape index (κ2) is 11.0. The van der Waals surface area contributed by atoms with Crippen molar-refractivity contribution in [3.8, 4) is 28.6 Å². The molecule has 34 heavy (non-hydrogen) atoms. The number of thiazole rings is 1. The molecule has 2 aromatic heterocycles. The van der Waals surface area contributed by atoms with Gasteiger partial charge in [0.15, 0.2) is 17.3 Å². The smallest absolute Gasteiger partial charge is 0.291 e. The average Bonchev–Trinajstić information content (AvgIpc) is 3.39. The molecule has 0 radical (unpaired) electrons. The molecule has 0 N–H and O–H groups in total. The van der Waals surface area contributed by atoms with Gasteiger partial charge in [0.05, 0.1) is 17.7 Å². The Hall–Kier alpha value is -3.65. The first kappa shape index (κ1) is 23.5. The number of rotatable bonds is 11. The third kappa shape index (κ3) is 5.28. The second-order valence-corrected chi connectivity index (χ2v) is 8.52. The molecule has 0 aliphatic heterocycles. The lowest BCUT2D eigenvalue weighted by Crippen LogP contribution is -2.23. The molecule has 7 nitrogen and oxygen atoms in total. The highest BCUT2D eigenvalue weighted by Gasteiger charge is 2.13. The molecule has 176 valence electrons. The summed E-state index contributed by atoms with van der Waals surface area (Å²) in [4.78, 5) is 18.1. The van der Waals surface area contributed by atoms with E-state index in [0.29, 0.717) is 46.6 Å². The van der Waals surface area contributed by atoms with Gasteiger partial charge in [-0.15, -0.1) is 5.10 Å². The maximum atomic E-state index is 12.9. The summed E-state index contributed by atoms with van der Waals surface area (Å²) in [5, 5.41) is 4.43. The summed E-state index contributed by atoms with van der Waals surface area (Å²) in [5.41, 5.74) is 1.46. The van der Waals surface area contributed by atoms with Crippen LogP contribution < -0.4 is 24.3 Å². The monoisotopic (exact) mass is 477 g/mol. The molecule has 0 saturated carbocycles. The molecule has 4 aromatic rings. The first-order valence-electron chi connectivity index (χ1n) is 11.3. The molecule has 0 fully saturated rings. The summed E-state index contributed by atoms with van der Waals surface area (Å²) in [6.45, 7) is 9.30. The van der Waals surface area contributed by atoms with Crippen molar-refractivity contribution in [1.82, 2.24) is 14.6 Å². The quantitative estimate of drug-likeness (QED) is 0.234. The molecule has 0 atom stereocenters. The highest BCUT2D eigenvalue weighted by molar-refractivity contribution is 7.15. The van der Waals surface area contributed by atoms with Crippen LogP contribution in [0.4, 0.5) is 0 Å². The number of aromatic nitrogens is 3. The fourth-order valence-electron chi connectivity index (χ4n) is 3.29. The lowest BCUT2D eigenvalue weighted by atomic mass is 10.2. The molecule has 4 rings (SSSR count). The number of fused-ring (bicyclic) bond motifs is 1. The third-order valence-electron chi connectivity index (χ3n) is 4.98. The molecule has 0 aliphatic carbocycles. The molecule has 0 bridgehead atoms. The van der Waals surface area contributed by atoms with Crippen LogP contribution in [0.5, 0.6) is 17.2 Å². The minimum absolute atomic E-state index is 0.205. The normalized spacial score (nSPS) is 11.6. The van der Waals surface area contributed by atoms with Gasteiger partial charge < -0.3 is 14.2 Å². The molecule has 2 heterocycles. The van der Waals surface area contributed by atoms with Crippen molar-refractivity contribution in [2.45, 2.75) is 26.7 Å². The van der Waals surface area contributed by atoms with E-state index in [4.69, 9.17) is 14.2 Å². The minimum Gasteiger partial charge on any atom is -0.494 e. The molecule has 0 unspecified atom stereocenters. The number of hydrogen-bond donors (Lipinski definition) is 0. The molecule has 0 aliphatic rings. The number of hydrogen-bond acceptors (Lipinski definition) is 7. The standard InChI is InChI=1S/C26H27N3O4S/c1-4-7-15-32-20-11-9-19(10-12-20)24-27-26-29(28-24)25(30)23(34-26)17-18-8-13-21(33-14-5-2)22(16-18)31-6-3/h5,8-13,16-17H,2,4,6-7,14-15H2,1,3H3/b23-17-. The number of benzene rings is 2. The molecule has 8 heteroatoms. The van der Waals surface area contributed by atoms with Crippen molar-refractivity contribution in [3.63, 3.8) is 0 Å². The van der Waals surface area contributed by atoms with Crippen molar-refractivity contribution < 1.29 is 14.2 Å². The van der Waals surface area contributed by atoms with Gasteiger partial charge in [-0.2, -0.15) is 9.50 Å². The summed E-state index contributed by atoms with van der Waals surface area (Å²) >= 11 is 1.30. The van der Waals surface area contributed by atoms with Gasteiger partial charge in [0, 0.05) is 5.56 Å². The highest BCUT2D eigenvalue weighted by Crippen LogP contribution is 2.29. The lowest BCUT2D eigenvalue weighted by molar-refractivity contribution is 0.297. The Morgan fingerprint density at radius 1 is 1.06 bits per heavy atom. The summed E-state index contributed by atoms with van der Waals surface area (Å²) in [7, 11) is 0. The van der Waals surface area contributed by atoms with Gasteiger partial charge in [0.25, 0.3) is 5.56 Å². The van der Waals surface area contributed by atoms with Gasteiger partial charge in [-0.3, -0.25) is 4.79 Å². The first-order chi connectivity index (χ1) is 16.6. The molecule has 2 aromatic carbocycles. The third-order valence-corrected chi connectivity index (χ3v) is 5.94. The molecule has 0 saturated heterocycles. The van der Waals surface area contributed by atoms with E-state index in [1.807, 2.05) is 55.5 Å². The zero-order chi connectivity index (χ0) is 23.9. The Morgan fingerprint density at radius 2 is 1.88 bits per heavy atom. The Labute approximate surface area is 201 Å². The second-order valence-electron chi connectivity index (χ2n) is 7.51. The van der Waals surface area contributed by atoms with Crippen molar-refractivity contribution in [3.05, 3.63) is 75.6 Å². The summed E-state index contributed by atoms with van der Waals surface area (Å²) < 4.78 is 18.9. The number of ether oxygens (including phenoxy) is 3. The van der Waals surface area contributed by atoms with Crippen LogP contribution in [-0.2, 0) is 0 Å². The maximum absolute atomic E-state index is 12.9. The molecular formula is C26H27N3O4S. The van der Waals surface area contributed by atoms with Crippen LogP contribution in [0.1, 0.15) is 32.3 Å². The van der Waals surface area contributed by atoms with E-state index in [1.54, 1.807) is 6.08 Å². The fourth-order valence-corrected chi connectivity index (χ4v) is 4.20. The zero-order valence-corrected chi connectivity index (χ0v) is 20.1. The Morgan fingerprint density at radius 3 is 2.59 bits per heavy atom. The van der Waals surface area contributed by atoms with E-state index in [2.05, 4.69) is 23.6 Å². The van der Waals surface area contributed by atoms with Crippen molar-refractivity contribution >= 4 is 22.4 Å². The minimum atomic E-state index is -0.205. The number of unbranched alkanes of at least 4 members (excludes halogenated alkanes) is 1. The molecule has 0 spiro atoms. The van der Waals surface area contributed by atoms with E-state index in [9.17, 15) is 4.79 Å². The molecular weight excluding hydrogens is 450 g/mol. The van der Waals surface area contributed by atoms with Crippen LogP contribution in [0.3, 0.4) is 0 Å². The van der Waals surface area contributed by atoms with Gasteiger partial charge in [-0.1, -0.05) is 43.4 Å². The lowest BCUT2D eigenvalue weighted by Gasteiger charge is -2.11. The predicted octanol–water partition coefficient (Wildman–Crippen LogP) is 4.51. The largest absolute Gasteiger partial charge is 0.494 e. The molecule has 0 amide bonds. The van der Waals surface area contributed by atoms with E-state index in [0.717, 1.165) is 29.7 Å². The van der Waals surface area contributed by atoms with Gasteiger partial charge in [-0.05, 0) is 61.4 Å². The van der Waals surface area contributed by atoms with Gasteiger partial charge in [0.2, 0.25) is 4.96 Å². The van der Waals surface area contributed by atoms with Crippen LogP contribution in [0, 0.1) is 0 Å². The Kier molecular flexibility index (Phi) is 7.59. The average molecular weight is 478 g/mol. The van der Waals surface area contributed by atoms with Crippen LogP contribution >= 0.6 is 11.3 Å². The topological polar surface area (TPSA) is 75.0 Å². The van der Waals surface area contributed by atoms with Crippen molar-refractivity contribution in [2.24, 2.45) is 0 Å². The first-order valence-corrected chi connectivity index (χ1v) is 12.1. The van der Waals surface area contributed by atoms with Crippen LogP contribution in [-0.4, -0.2) is 34.4 Å². The summed E-state index contributed by atoms with van der Waals surface area (Å²) in [5.74, 6) is 2.58. The van der Waals surface area contributed by atoms with E-state index >= 15 is 0 Å². The SMILES string of the molecule is C=CCOc1ccc(/C=c2\sc3nc(-c4ccc(OCCCC)cc4)nn3c2=O)cc1OCC.